The largest absolute Gasteiger partial charge is 4.00 e. The minimum absolute atomic E-state index is 0. The van der Waals surface area contributed by atoms with Crippen molar-refractivity contribution >= 4 is 5.78 Å². The molecule has 9 heteroatoms. The van der Waals surface area contributed by atoms with Crippen LogP contribution in [0.25, 0.3) is 0 Å². The molecular formula is C14H11Cl4FO3Ti. The predicted molar refractivity (Wildman–Crippen MR) is 64.5 cm³/mol. The minimum atomic E-state index is -0.565. The van der Waals surface area contributed by atoms with E-state index in [9.17, 15) is 14.3 Å². The van der Waals surface area contributed by atoms with Crippen molar-refractivity contribution in [1.29, 1.82) is 0 Å². The number of hydrogen-bond donors (Lipinski definition) is 1. The molecule has 0 amide bonds. The van der Waals surface area contributed by atoms with Crippen molar-refractivity contribution in [2.24, 2.45) is 0 Å². The Hall–Kier alpha value is -0.486. The van der Waals surface area contributed by atoms with Gasteiger partial charge in [0.1, 0.15) is 17.3 Å². The average Bonchev–Trinajstić information content (AvgIpc) is 2.41. The minimum Gasteiger partial charge on any atom is -1.00 e. The zero-order valence-electron chi connectivity index (χ0n) is 11.7. The standard InChI is InChI=1S/C14H11FO3.4ClH.Ti/c1-18-11-5-2-9(3-6-11)14(17)12-8-10(15)4-7-13(12)16;;;;;/h2-8,16H,1H3;4*1H;/q;;;;;+4/p-4. The van der Waals surface area contributed by atoms with Gasteiger partial charge in [0.2, 0.25) is 0 Å². The first-order valence-corrected chi connectivity index (χ1v) is 5.29. The first-order chi connectivity index (χ1) is 8.61. The molecule has 0 bridgehead atoms. The molecule has 2 aromatic rings. The van der Waals surface area contributed by atoms with Crippen LogP contribution in [0.5, 0.6) is 11.5 Å². The van der Waals surface area contributed by atoms with Crippen LogP contribution in [-0.2, 0) is 21.7 Å². The van der Waals surface area contributed by atoms with E-state index in [4.69, 9.17) is 4.74 Å². The van der Waals surface area contributed by atoms with Crippen molar-refractivity contribution in [3.63, 3.8) is 0 Å². The van der Waals surface area contributed by atoms with Crippen molar-refractivity contribution in [3.05, 3.63) is 59.4 Å². The molecule has 0 aliphatic rings. The summed E-state index contributed by atoms with van der Waals surface area (Å²) in [6.45, 7) is 0. The number of rotatable bonds is 3. The number of halogens is 5. The summed E-state index contributed by atoms with van der Waals surface area (Å²) in [5, 5.41) is 9.56. The fourth-order valence-electron chi connectivity index (χ4n) is 1.59. The summed E-state index contributed by atoms with van der Waals surface area (Å²) in [6, 6.07) is 9.65. The smallest absolute Gasteiger partial charge is 1.00 e. The Bertz CT molecular complexity index is 597. The molecule has 0 atom stereocenters. The number of carbonyl (C=O) groups is 1. The summed E-state index contributed by atoms with van der Waals surface area (Å²) in [5.41, 5.74) is 0.303. The molecular weight excluding hydrogens is 425 g/mol. The first kappa shape index (κ1) is 30.4. The van der Waals surface area contributed by atoms with Gasteiger partial charge in [0.05, 0.1) is 12.7 Å². The van der Waals surface area contributed by atoms with Crippen LogP contribution < -0.4 is 54.4 Å². The van der Waals surface area contributed by atoms with E-state index in [0.29, 0.717) is 11.3 Å². The quantitative estimate of drug-likeness (QED) is 0.385. The van der Waals surface area contributed by atoms with Gasteiger partial charge in [0.25, 0.3) is 0 Å². The van der Waals surface area contributed by atoms with Gasteiger partial charge < -0.3 is 59.5 Å². The number of phenols is 1. The summed E-state index contributed by atoms with van der Waals surface area (Å²) >= 11 is 0. The third-order valence-corrected chi connectivity index (χ3v) is 2.56. The van der Waals surface area contributed by atoms with Gasteiger partial charge in [-0.15, -0.1) is 0 Å². The fraction of sp³-hybridized carbons (Fsp3) is 0.0714. The molecule has 0 heterocycles. The van der Waals surface area contributed by atoms with E-state index in [-0.39, 0.29) is 82.7 Å². The second-order valence-corrected chi connectivity index (χ2v) is 3.72. The van der Waals surface area contributed by atoms with Gasteiger partial charge in [-0.3, -0.25) is 4.79 Å². The predicted octanol–water partition coefficient (Wildman–Crippen LogP) is -9.22. The van der Waals surface area contributed by atoms with Crippen molar-refractivity contribution in [2.75, 3.05) is 7.11 Å². The Morgan fingerprint density at radius 2 is 1.52 bits per heavy atom. The number of hydrogen-bond acceptors (Lipinski definition) is 3. The number of carbonyl (C=O) groups excluding carboxylic acids is 1. The van der Waals surface area contributed by atoms with E-state index >= 15 is 0 Å². The summed E-state index contributed by atoms with van der Waals surface area (Å²) in [5.74, 6) is -0.619. The molecule has 0 aliphatic carbocycles. The second-order valence-electron chi connectivity index (χ2n) is 3.72. The zero-order valence-corrected chi connectivity index (χ0v) is 16.3. The maximum absolute atomic E-state index is 13.1. The van der Waals surface area contributed by atoms with Crippen LogP contribution in [0, 0.1) is 5.82 Å². The molecule has 0 saturated carbocycles. The van der Waals surface area contributed by atoms with Gasteiger partial charge in [-0.1, -0.05) is 0 Å². The van der Waals surface area contributed by atoms with Crippen LogP contribution in [-0.4, -0.2) is 18.0 Å². The fourth-order valence-corrected chi connectivity index (χ4v) is 1.59. The van der Waals surface area contributed by atoms with Crippen molar-refractivity contribution in [1.82, 2.24) is 0 Å². The van der Waals surface area contributed by atoms with Crippen LogP contribution >= 0.6 is 0 Å². The third-order valence-electron chi connectivity index (χ3n) is 2.56. The molecule has 2 aromatic carbocycles. The molecule has 0 aliphatic heterocycles. The molecule has 0 saturated heterocycles. The van der Waals surface area contributed by atoms with Gasteiger partial charge in [-0.25, -0.2) is 4.39 Å². The Kier molecular flexibility index (Phi) is 18.4. The van der Waals surface area contributed by atoms with E-state index in [1.54, 1.807) is 24.3 Å². The van der Waals surface area contributed by atoms with E-state index in [2.05, 4.69) is 0 Å². The van der Waals surface area contributed by atoms with Crippen molar-refractivity contribution < 1.29 is 90.4 Å². The molecule has 1 N–H and O–H groups in total. The zero-order chi connectivity index (χ0) is 13.1. The summed E-state index contributed by atoms with van der Waals surface area (Å²) in [7, 11) is 1.52. The van der Waals surface area contributed by atoms with Crippen molar-refractivity contribution in [3.8, 4) is 11.5 Å². The monoisotopic (exact) mass is 434 g/mol. The average molecular weight is 436 g/mol. The molecule has 0 fully saturated rings. The van der Waals surface area contributed by atoms with Gasteiger partial charge in [0.15, 0.2) is 5.78 Å². The van der Waals surface area contributed by atoms with Crippen LogP contribution in [0.3, 0.4) is 0 Å². The molecule has 3 nitrogen and oxygen atoms in total. The van der Waals surface area contributed by atoms with E-state index in [1.165, 1.54) is 7.11 Å². The Balaban J connectivity index is -0.000000361. The van der Waals surface area contributed by atoms with E-state index in [1.807, 2.05) is 0 Å². The Labute approximate surface area is 173 Å². The number of aromatic hydroxyl groups is 1. The number of methoxy groups -OCH3 is 1. The molecule has 0 unspecified atom stereocenters. The molecule has 0 aromatic heterocycles. The Morgan fingerprint density at radius 1 is 1.00 bits per heavy atom. The van der Waals surface area contributed by atoms with Gasteiger partial charge in [-0.05, 0) is 42.5 Å². The van der Waals surface area contributed by atoms with Gasteiger partial charge >= 0.3 is 21.7 Å². The molecule has 0 radical (unpaired) electrons. The number of ether oxygens (including phenoxy) is 1. The number of ketones is 1. The van der Waals surface area contributed by atoms with Crippen LogP contribution in [0.1, 0.15) is 15.9 Å². The second kappa shape index (κ2) is 13.9. The summed E-state index contributed by atoms with van der Waals surface area (Å²) in [4.78, 5) is 12.1. The van der Waals surface area contributed by atoms with Crippen LogP contribution in [0.2, 0.25) is 0 Å². The molecule has 2 rings (SSSR count). The maximum Gasteiger partial charge on any atom is 4.00 e. The maximum atomic E-state index is 13.1. The SMILES string of the molecule is COc1ccc(C(=O)c2cc(F)ccc2O)cc1.[Cl-].[Cl-].[Cl-].[Cl-].[Ti+4]. The van der Waals surface area contributed by atoms with E-state index < -0.39 is 11.6 Å². The van der Waals surface area contributed by atoms with Gasteiger partial charge in [0, 0.05) is 5.56 Å². The van der Waals surface area contributed by atoms with Crippen LogP contribution in [0.4, 0.5) is 4.39 Å². The summed E-state index contributed by atoms with van der Waals surface area (Å²) < 4.78 is 18.0. The summed E-state index contributed by atoms with van der Waals surface area (Å²) in [6.07, 6.45) is 0. The number of benzene rings is 2. The Morgan fingerprint density at radius 3 is 2.00 bits per heavy atom. The molecule has 23 heavy (non-hydrogen) atoms. The molecule has 0 spiro atoms. The van der Waals surface area contributed by atoms with E-state index in [0.717, 1.165) is 18.2 Å². The normalized spacial score (nSPS) is 7.91. The third kappa shape index (κ3) is 7.75. The van der Waals surface area contributed by atoms with Crippen LogP contribution in [0.15, 0.2) is 42.5 Å². The number of phenolic OH excluding ortho intramolecular Hbond substituents is 1. The topological polar surface area (TPSA) is 46.5 Å². The first-order valence-electron chi connectivity index (χ1n) is 5.29. The molecule has 124 valence electrons. The van der Waals surface area contributed by atoms with Crippen molar-refractivity contribution in [2.45, 2.75) is 0 Å². The van der Waals surface area contributed by atoms with Gasteiger partial charge in [-0.2, -0.15) is 0 Å².